The van der Waals surface area contributed by atoms with Crippen LogP contribution < -0.4 is 15.4 Å². The van der Waals surface area contributed by atoms with Gasteiger partial charge in [-0.05, 0) is 35.7 Å². The van der Waals surface area contributed by atoms with E-state index in [1.807, 2.05) is 24.3 Å². The van der Waals surface area contributed by atoms with Crippen LogP contribution in [0.15, 0.2) is 48.5 Å². The molecule has 0 fully saturated rings. The van der Waals surface area contributed by atoms with Crippen molar-refractivity contribution in [2.24, 2.45) is 5.73 Å². The van der Waals surface area contributed by atoms with Crippen LogP contribution in [0.1, 0.15) is 17.2 Å². The first-order chi connectivity index (χ1) is 9.78. The van der Waals surface area contributed by atoms with Crippen LogP contribution >= 0.6 is 0 Å². The predicted octanol–water partition coefficient (Wildman–Crippen LogP) is 2.76. The Morgan fingerprint density at radius 3 is 2.65 bits per heavy atom. The quantitative estimate of drug-likeness (QED) is 0.926. The Kier molecular flexibility index (Phi) is 3.61. The molecule has 0 amide bonds. The fraction of sp³-hybridized carbons (Fsp3) is 0.294. The van der Waals surface area contributed by atoms with Gasteiger partial charge >= 0.3 is 0 Å². The zero-order chi connectivity index (χ0) is 13.9. The second-order valence-corrected chi connectivity index (χ2v) is 5.20. The lowest BCUT2D eigenvalue weighted by atomic mass is 10.1. The number of rotatable bonds is 4. The van der Waals surface area contributed by atoms with Crippen molar-refractivity contribution in [2.45, 2.75) is 12.5 Å². The van der Waals surface area contributed by atoms with Gasteiger partial charge in [0, 0.05) is 24.8 Å². The van der Waals surface area contributed by atoms with Crippen LogP contribution in [0.4, 0.5) is 5.69 Å². The summed E-state index contributed by atoms with van der Waals surface area (Å²) >= 11 is 0. The van der Waals surface area contributed by atoms with Crippen LogP contribution in [0, 0.1) is 0 Å². The number of para-hydroxylation sites is 1. The maximum Gasteiger partial charge on any atom is 0.118 e. The third kappa shape index (κ3) is 2.49. The number of methoxy groups -OCH3 is 1. The lowest BCUT2D eigenvalue weighted by Crippen LogP contribution is -2.30. The van der Waals surface area contributed by atoms with Gasteiger partial charge in [-0.15, -0.1) is 0 Å². The van der Waals surface area contributed by atoms with E-state index in [0.717, 1.165) is 30.8 Å². The monoisotopic (exact) mass is 268 g/mol. The highest BCUT2D eigenvalue weighted by Gasteiger charge is 2.20. The lowest BCUT2D eigenvalue weighted by molar-refractivity contribution is 0.414. The predicted molar refractivity (Wildman–Crippen MR) is 82.3 cm³/mol. The molecule has 1 aliphatic rings. The van der Waals surface area contributed by atoms with E-state index in [1.54, 1.807) is 7.11 Å². The zero-order valence-electron chi connectivity index (χ0n) is 11.8. The lowest BCUT2D eigenvalue weighted by Gasteiger charge is -2.24. The van der Waals surface area contributed by atoms with E-state index in [2.05, 4.69) is 29.2 Å². The highest BCUT2D eigenvalue weighted by molar-refractivity contribution is 5.58. The summed E-state index contributed by atoms with van der Waals surface area (Å²) in [5.41, 5.74) is 10.2. The normalized spacial score (nSPS) is 15.0. The smallest absolute Gasteiger partial charge is 0.118 e. The molecule has 3 rings (SSSR count). The minimum atomic E-state index is 0.0204. The Hall–Kier alpha value is -2.00. The van der Waals surface area contributed by atoms with Crippen molar-refractivity contribution >= 4 is 5.69 Å². The molecule has 3 nitrogen and oxygen atoms in total. The number of anilines is 1. The average Bonchev–Trinajstić information content (AvgIpc) is 2.91. The number of benzene rings is 2. The summed E-state index contributed by atoms with van der Waals surface area (Å²) in [5, 5.41) is 0. The van der Waals surface area contributed by atoms with Gasteiger partial charge in [-0.3, -0.25) is 0 Å². The van der Waals surface area contributed by atoms with Crippen molar-refractivity contribution in [1.82, 2.24) is 0 Å². The largest absolute Gasteiger partial charge is 0.497 e. The molecule has 0 radical (unpaired) electrons. The average molecular weight is 268 g/mol. The molecule has 2 aromatic rings. The Balaban J connectivity index is 1.71. The van der Waals surface area contributed by atoms with Gasteiger partial charge in [0.05, 0.1) is 7.11 Å². The molecular formula is C17H20N2O. The maximum atomic E-state index is 6.34. The first-order valence-corrected chi connectivity index (χ1v) is 7.00. The van der Waals surface area contributed by atoms with E-state index in [9.17, 15) is 0 Å². The molecular weight excluding hydrogens is 248 g/mol. The summed E-state index contributed by atoms with van der Waals surface area (Å²) in [6, 6.07) is 16.6. The van der Waals surface area contributed by atoms with Crippen LogP contribution in [-0.4, -0.2) is 20.2 Å². The van der Waals surface area contributed by atoms with E-state index in [4.69, 9.17) is 10.5 Å². The highest BCUT2D eigenvalue weighted by atomic mass is 16.5. The zero-order valence-corrected chi connectivity index (χ0v) is 11.8. The summed E-state index contributed by atoms with van der Waals surface area (Å²) in [4.78, 5) is 2.38. The van der Waals surface area contributed by atoms with Crippen molar-refractivity contribution in [3.05, 3.63) is 59.7 Å². The number of ether oxygens (including phenoxy) is 1. The molecule has 0 aromatic heterocycles. The van der Waals surface area contributed by atoms with Crippen molar-refractivity contribution in [3.8, 4) is 5.75 Å². The topological polar surface area (TPSA) is 38.5 Å². The van der Waals surface area contributed by atoms with Gasteiger partial charge in [0.25, 0.3) is 0 Å². The summed E-state index contributed by atoms with van der Waals surface area (Å²) in [6.07, 6.45) is 1.12. The number of nitrogens with zero attached hydrogens (tertiary/aromatic N) is 1. The standard InChI is InChI=1S/C17H20N2O/c1-20-15-8-6-13(7-9-15)16(18)12-19-11-10-14-4-2-3-5-17(14)19/h2-9,16H,10-12,18H2,1H3. The molecule has 104 valence electrons. The second kappa shape index (κ2) is 5.55. The fourth-order valence-electron chi connectivity index (χ4n) is 2.79. The molecule has 0 spiro atoms. The molecule has 3 heteroatoms. The third-order valence-corrected chi connectivity index (χ3v) is 3.94. The van der Waals surface area contributed by atoms with E-state index < -0.39 is 0 Å². The Bertz CT molecular complexity index is 580. The maximum absolute atomic E-state index is 6.34. The molecule has 0 saturated carbocycles. The van der Waals surface area contributed by atoms with Gasteiger partial charge in [-0.25, -0.2) is 0 Å². The molecule has 1 heterocycles. The van der Waals surface area contributed by atoms with E-state index in [-0.39, 0.29) is 6.04 Å². The number of nitrogens with two attached hydrogens (primary N) is 1. The third-order valence-electron chi connectivity index (χ3n) is 3.94. The minimum absolute atomic E-state index is 0.0204. The fourth-order valence-corrected chi connectivity index (χ4v) is 2.79. The molecule has 1 unspecified atom stereocenters. The number of fused-ring (bicyclic) bond motifs is 1. The van der Waals surface area contributed by atoms with E-state index in [0.29, 0.717) is 0 Å². The number of hydrogen-bond donors (Lipinski definition) is 1. The first-order valence-electron chi connectivity index (χ1n) is 7.00. The molecule has 1 atom stereocenters. The van der Waals surface area contributed by atoms with E-state index in [1.165, 1.54) is 11.3 Å². The summed E-state index contributed by atoms with van der Waals surface area (Å²) in [7, 11) is 1.68. The van der Waals surface area contributed by atoms with Crippen molar-refractivity contribution < 1.29 is 4.74 Å². The SMILES string of the molecule is COc1ccc(C(N)CN2CCc3ccccc32)cc1. The number of hydrogen-bond acceptors (Lipinski definition) is 3. The van der Waals surface area contributed by atoms with Gasteiger partial charge < -0.3 is 15.4 Å². The Morgan fingerprint density at radius 1 is 1.15 bits per heavy atom. The molecule has 1 aliphatic heterocycles. The molecule has 20 heavy (non-hydrogen) atoms. The molecule has 0 saturated heterocycles. The Morgan fingerprint density at radius 2 is 1.90 bits per heavy atom. The van der Waals surface area contributed by atoms with Gasteiger partial charge in [0.1, 0.15) is 5.75 Å². The van der Waals surface area contributed by atoms with Crippen LogP contribution in [0.2, 0.25) is 0 Å². The summed E-state index contributed by atoms with van der Waals surface area (Å²) < 4.78 is 5.18. The van der Waals surface area contributed by atoms with Gasteiger partial charge in [0.2, 0.25) is 0 Å². The molecule has 2 N–H and O–H groups in total. The Labute approximate surface area is 120 Å². The van der Waals surface area contributed by atoms with Crippen molar-refractivity contribution in [1.29, 1.82) is 0 Å². The van der Waals surface area contributed by atoms with Crippen LogP contribution in [0.25, 0.3) is 0 Å². The molecule has 2 aromatic carbocycles. The van der Waals surface area contributed by atoms with Crippen LogP contribution in [-0.2, 0) is 6.42 Å². The molecule has 0 bridgehead atoms. The van der Waals surface area contributed by atoms with Gasteiger partial charge in [-0.1, -0.05) is 30.3 Å². The van der Waals surface area contributed by atoms with Crippen LogP contribution in [0.5, 0.6) is 5.75 Å². The summed E-state index contributed by atoms with van der Waals surface area (Å²) in [6.45, 7) is 1.91. The van der Waals surface area contributed by atoms with E-state index >= 15 is 0 Å². The van der Waals surface area contributed by atoms with Crippen molar-refractivity contribution in [3.63, 3.8) is 0 Å². The summed E-state index contributed by atoms with van der Waals surface area (Å²) in [5.74, 6) is 0.868. The molecule has 0 aliphatic carbocycles. The first kappa shape index (κ1) is 13.0. The minimum Gasteiger partial charge on any atom is -0.497 e. The highest BCUT2D eigenvalue weighted by Crippen LogP contribution is 2.29. The van der Waals surface area contributed by atoms with Crippen molar-refractivity contribution in [2.75, 3.05) is 25.1 Å². The van der Waals surface area contributed by atoms with Gasteiger partial charge in [-0.2, -0.15) is 0 Å². The van der Waals surface area contributed by atoms with Crippen LogP contribution in [0.3, 0.4) is 0 Å². The van der Waals surface area contributed by atoms with Gasteiger partial charge in [0.15, 0.2) is 0 Å². The second-order valence-electron chi connectivity index (χ2n) is 5.20.